The number of aliphatic hydroxyl groups is 1. The van der Waals surface area contributed by atoms with Gasteiger partial charge in [-0.1, -0.05) is 18.8 Å². The first-order valence-electron chi connectivity index (χ1n) is 7.02. The van der Waals surface area contributed by atoms with Crippen LogP contribution < -0.4 is 4.74 Å². The zero-order chi connectivity index (χ0) is 15.7. The smallest absolute Gasteiger partial charge is 0.153 e. The van der Waals surface area contributed by atoms with Crippen LogP contribution in [0.5, 0.6) is 5.75 Å². The van der Waals surface area contributed by atoms with Crippen LogP contribution in [-0.4, -0.2) is 38.2 Å². The predicted octanol–water partition coefficient (Wildman–Crippen LogP) is 1.93. The van der Waals surface area contributed by atoms with Gasteiger partial charge in [-0.15, -0.1) is 0 Å². The van der Waals surface area contributed by atoms with Gasteiger partial charge in [0.15, 0.2) is 9.84 Å². The Morgan fingerprint density at radius 1 is 1.29 bits per heavy atom. The van der Waals surface area contributed by atoms with Crippen LogP contribution in [-0.2, 0) is 9.84 Å². The highest BCUT2D eigenvalue weighted by molar-refractivity contribution is 7.91. The summed E-state index contributed by atoms with van der Waals surface area (Å²) in [7, 11) is -3.01. The van der Waals surface area contributed by atoms with E-state index in [2.05, 4.69) is 11.8 Å². The maximum Gasteiger partial charge on any atom is 0.153 e. The van der Waals surface area contributed by atoms with E-state index in [-0.39, 0.29) is 24.7 Å². The first-order chi connectivity index (χ1) is 9.98. The van der Waals surface area contributed by atoms with Crippen LogP contribution in [0, 0.1) is 18.8 Å². The molecular weight excluding hydrogens is 288 g/mol. The Balaban J connectivity index is 2.60. The molecule has 1 rings (SSSR count). The minimum atomic E-state index is -3.01. The molecule has 0 radical (unpaired) electrons. The fourth-order valence-electron chi connectivity index (χ4n) is 1.80. The van der Waals surface area contributed by atoms with Gasteiger partial charge in [0, 0.05) is 12.0 Å². The van der Waals surface area contributed by atoms with Crippen molar-refractivity contribution in [2.75, 3.05) is 24.7 Å². The molecule has 1 N–H and O–H groups in total. The molecule has 0 heterocycles. The molecule has 0 aliphatic carbocycles. The lowest BCUT2D eigenvalue weighted by atomic mass is 10.1. The number of hydrogen-bond donors (Lipinski definition) is 1. The normalized spacial score (nSPS) is 10.8. The van der Waals surface area contributed by atoms with Crippen LogP contribution in [0.3, 0.4) is 0 Å². The number of rotatable bonds is 7. The third-order valence-corrected chi connectivity index (χ3v) is 4.63. The van der Waals surface area contributed by atoms with Crippen LogP contribution in [0.25, 0.3) is 0 Å². The lowest BCUT2D eigenvalue weighted by molar-refractivity contribution is 0.305. The quantitative estimate of drug-likeness (QED) is 0.782. The fraction of sp³-hybridized carbons (Fsp3) is 0.500. The summed E-state index contributed by atoms with van der Waals surface area (Å²) >= 11 is 0. The number of benzene rings is 1. The lowest BCUT2D eigenvalue weighted by Crippen LogP contribution is -2.17. The topological polar surface area (TPSA) is 63.6 Å². The van der Waals surface area contributed by atoms with E-state index in [1.54, 1.807) is 6.07 Å². The molecule has 5 heteroatoms. The zero-order valence-corrected chi connectivity index (χ0v) is 13.4. The number of hydrogen-bond acceptors (Lipinski definition) is 4. The molecule has 0 aliphatic heterocycles. The number of sulfone groups is 1. The minimum Gasteiger partial charge on any atom is -0.492 e. The Bertz CT molecular complexity index is 609. The Morgan fingerprint density at radius 2 is 2.05 bits per heavy atom. The van der Waals surface area contributed by atoms with Crippen LogP contribution in [0.2, 0.25) is 0 Å². The Kier molecular flexibility index (Phi) is 7.27. The van der Waals surface area contributed by atoms with Crippen molar-refractivity contribution >= 4 is 9.84 Å². The van der Waals surface area contributed by atoms with Crippen molar-refractivity contribution in [2.24, 2.45) is 0 Å². The Hall–Kier alpha value is -1.51. The summed E-state index contributed by atoms with van der Waals surface area (Å²) in [5, 5.41) is 8.67. The maximum absolute atomic E-state index is 11.6. The highest BCUT2D eigenvalue weighted by Gasteiger charge is 2.10. The van der Waals surface area contributed by atoms with Gasteiger partial charge in [0.05, 0.1) is 18.1 Å². The third kappa shape index (κ3) is 6.65. The molecule has 21 heavy (non-hydrogen) atoms. The molecule has 0 fully saturated rings. The van der Waals surface area contributed by atoms with Crippen molar-refractivity contribution in [1.82, 2.24) is 0 Å². The first kappa shape index (κ1) is 17.5. The van der Waals surface area contributed by atoms with Crippen molar-refractivity contribution in [3.8, 4) is 17.6 Å². The van der Waals surface area contributed by atoms with E-state index < -0.39 is 9.84 Å². The van der Waals surface area contributed by atoms with E-state index in [9.17, 15) is 8.42 Å². The van der Waals surface area contributed by atoms with Gasteiger partial charge in [0.2, 0.25) is 0 Å². The highest BCUT2D eigenvalue weighted by Crippen LogP contribution is 2.18. The maximum atomic E-state index is 11.6. The molecule has 0 aliphatic rings. The van der Waals surface area contributed by atoms with E-state index in [4.69, 9.17) is 9.84 Å². The van der Waals surface area contributed by atoms with E-state index in [1.807, 2.05) is 26.0 Å². The van der Waals surface area contributed by atoms with E-state index in [0.717, 1.165) is 11.1 Å². The van der Waals surface area contributed by atoms with Gasteiger partial charge in [-0.2, -0.15) is 0 Å². The highest BCUT2D eigenvalue weighted by atomic mass is 32.2. The van der Waals surface area contributed by atoms with Gasteiger partial charge in [-0.25, -0.2) is 8.42 Å². The standard InChI is InChI=1S/C16H22O4S/c1-3-11-21(18,19)12-10-20-16-8-7-15(13-14(16)2)6-4-5-9-17/h7-8,13,17H,3,5,9-12H2,1-2H3. The molecule has 4 nitrogen and oxygen atoms in total. The summed E-state index contributed by atoms with van der Waals surface area (Å²) in [5.74, 6) is 6.72. The summed E-state index contributed by atoms with van der Waals surface area (Å²) in [6, 6.07) is 5.51. The SMILES string of the molecule is CCCS(=O)(=O)CCOc1ccc(C#CCCO)cc1C. The summed E-state index contributed by atoms with van der Waals surface area (Å²) < 4.78 is 28.7. The minimum absolute atomic E-state index is 0.0400. The van der Waals surface area contributed by atoms with Crippen LogP contribution >= 0.6 is 0 Å². The van der Waals surface area contributed by atoms with Gasteiger partial charge >= 0.3 is 0 Å². The molecule has 0 aromatic heterocycles. The summed E-state index contributed by atoms with van der Waals surface area (Å²) in [6.07, 6.45) is 1.08. The Morgan fingerprint density at radius 3 is 2.67 bits per heavy atom. The van der Waals surface area contributed by atoms with Crippen molar-refractivity contribution in [1.29, 1.82) is 0 Å². The summed E-state index contributed by atoms with van der Waals surface area (Å²) in [4.78, 5) is 0. The van der Waals surface area contributed by atoms with Crippen LogP contribution in [0.15, 0.2) is 18.2 Å². The van der Waals surface area contributed by atoms with E-state index in [0.29, 0.717) is 18.6 Å². The average Bonchev–Trinajstić information content (AvgIpc) is 2.41. The molecule has 0 unspecified atom stereocenters. The summed E-state index contributed by atoms with van der Waals surface area (Å²) in [5.41, 5.74) is 1.77. The average molecular weight is 310 g/mol. The van der Waals surface area contributed by atoms with Gasteiger partial charge in [-0.05, 0) is 37.1 Å². The molecule has 0 spiro atoms. The van der Waals surface area contributed by atoms with Crippen molar-refractivity contribution in [3.05, 3.63) is 29.3 Å². The zero-order valence-electron chi connectivity index (χ0n) is 12.6. The number of ether oxygens (including phenoxy) is 1. The number of aliphatic hydroxyl groups excluding tert-OH is 1. The third-order valence-electron chi connectivity index (χ3n) is 2.81. The first-order valence-corrected chi connectivity index (χ1v) is 8.84. The monoisotopic (exact) mass is 310 g/mol. The molecular formula is C16H22O4S. The molecule has 0 atom stereocenters. The van der Waals surface area contributed by atoms with Crippen molar-refractivity contribution < 1.29 is 18.3 Å². The van der Waals surface area contributed by atoms with E-state index >= 15 is 0 Å². The second-order valence-corrected chi connectivity index (χ2v) is 7.06. The lowest BCUT2D eigenvalue weighted by Gasteiger charge is -2.09. The number of aryl methyl sites for hydroxylation is 1. The predicted molar refractivity (Wildman–Crippen MR) is 84.2 cm³/mol. The van der Waals surface area contributed by atoms with Gasteiger partial charge in [-0.3, -0.25) is 0 Å². The van der Waals surface area contributed by atoms with Crippen LogP contribution in [0.4, 0.5) is 0 Å². The van der Waals surface area contributed by atoms with Crippen molar-refractivity contribution in [2.45, 2.75) is 26.7 Å². The molecule has 1 aromatic carbocycles. The van der Waals surface area contributed by atoms with Gasteiger partial charge in [0.1, 0.15) is 12.4 Å². The second-order valence-electron chi connectivity index (χ2n) is 4.76. The van der Waals surface area contributed by atoms with Gasteiger partial charge in [0.25, 0.3) is 0 Å². The Labute approximate surface area is 127 Å². The largest absolute Gasteiger partial charge is 0.492 e. The molecule has 116 valence electrons. The van der Waals surface area contributed by atoms with Crippen LogP contribution in [0.1, 0.15) is 30.9 Å². The van der Waals surface area contributed by atoms with Crippen molar-refractivity contribution in [3.63, 3.8) is 0 Å². The fourth-order valence-corrected chi connectivity index (χ4v) is 2.96. The van der Waals surface area contributed by atoms with Gasteiger partial charge < -0.3 is 9.84 Å². The molecule has 0 saturated heterocycles. The molecule has 1 aromatic rings. The summed E-state index contributed by atoms with van der Waals surface area (Å²) in [6.45, 7) is 3.96. The molecule has 0 bridgehead atoms. The van der Waals surface area contributed by atoms with E-state index in [1.165, 1.54) is 0 Å². The molecule has 0 saturated carbocycles. The molecule has 0 amide bonds. The second kappa shape index (κ2) is 8.71.